The third-order valence-electron chi connectivity index (χ3n) is 2.82. The van der Waals surface area contributed by atoms with Crippen LogP contribution in [0.2, 0.25) is 0 Å². The summed E-state index contributed by atoms with van der Waals surface area (Å²) in [4.78, 5) is 12.9. The standard InChI is InChI=1S/C16H20N2O/c1-3-9-18(10-4-2)16-7-5-14(6-8-16)11-15(12-17)13-19/h5-8,11,13H,3-4,9-10H2,1-2H3/b15-11+. The number of nitrogens with zero attached hydrogens (tertiary/aromatic N) is 2. The van der Waals surface area contributed by atoms with Gasteiger partial charge in [0.1, 0.15) is 6.07 Å². The Morgan fingerprint density at radius 1 is 1.21 bits per heavy atom. The molecule has 0 amide bonds. The summed E-state index contributed by atoms with van der Waals surface area (Å²) in [6.07, 6.45) is 4.41. The molecule has 0 aliphatic rings. The lowest BCUT2D eigenvalue weighted by molar-refractivity contribution is -0.104. The molecule has 0 aliphatic heterocycles. The highest BCUT2D eigenvalue weighted by atomic mass is 16.1. The van der Waals surface area contributed by atoms with Crippen molar-refractivity contribution >= 4 is 18.0 Å². The number of aldehydes is 1. The number of rotatable bonds is 7. The molecule has 0 atom stereocenters. The molecule has 1 aromatic rings. The second-order valence-corrected chi connectivity index (χ2v) is 4.41. The molecule has 0 unspecified atom stereocenters. The van der Waals surface area contributed by atoms with Crippen LogP contribution in [0.25, 0.3) is 6.08 Å². The Bertz CT molecular complexity index is 463. The molecule has 3 nitrogen and oxygen atoms in total. The fourth-order valence-corrected chi connectivity index (χ4v) is 1.96. The summed E-state index contributed by atoms with van der Waals surface area (Å²) in [5.74, 6) is 0. The first-order chi connectivity index (χ1) is 9.24. The number of hydrogen-bond acceptors (Lipinski definition) is 3. The third-order valence-corrected chi connectivity index (χ3v) is 2.82. The van der Waals surface area contributed by atoms with Gasteiger partial charge < -0.3 is 4.90 Å². The van der Waals surface area contributed by atoms with Crippen molar-refractivity contribution in [2.45, 2.75) is 26.7 Å². The molecule has 19 heavy (non-hydrogen) atoms. The average Bonchev–Trinajstić information content (AvgIpc) is 2.45. The number of benzene rings is 1. The Hall–Kier alpha value is -2.08. The molecule has 0 saturated heterocycles. The van der Waals surface area contributed by atoms with E-state index in [-0.39, 0.29) is 5.57 Å². The Labute approximate surface area is 115 Å². The molecule has 3 heteroatoms. The summed E-state index contributed by atoms with van der Waals surface area (Å²) in [5, 5.41) is 8.71. The van der Waals surface area contributed by atoms with Gasteiger partial charge in [0.15, 0.2) is 6.29 Å². The molecule has 0 bridgehead atoms. The maximum atomic E-state index is 10.6. The average molecular weight is 256 g/mol. The van der Waals surface area contributed by atoms with E-state index in [4.69, 9.17) is 5.26 Å². The van der Waals surface area contributed by atoms with E-state index >= 15 is 0 Å². The lowest BCUT2D eigenvalue weighted by Gasteiger charge is -2.23. The summed E-state index contributed by atoms with van der Waals surface area (Å²) in [6.45, 7) is 6.42. The Kier molecular flexibility index (Phi) is 6.38. The normalized spacial score (nSPS) is 10.9. The Morgan fingerprint density at radius 3 is 2.21 bits per heavy atom. The second kappa shape index (κ2) is 8.10. The predicted molar refractivity (Wildman–Crippen MR) is 78.9 cm³/mol. The Morgan fingerprint density at radius 2 is 1.79 bits per heavy atom. The first-order valence-electron chi connectivity index (χ1n) is 6.67. The second-order valence-electron chi connectivity index (χ2n) is 4.41. The maximum Gasteiger partial charge on any atom is 0.160 e. The van der Waals surface area contributed by atoms with Crippen molar-refractivity contribution in [2.24, 2.45) is 0 Å². The van der Waals surface area contributed by atoms with E-state index in [9.17, 15) is 4.79 Å². The van der Waals surface area contributed by atoms with Crippen molar-refractivity contribution < 1.29 is 4.79 Å². The molecule has 0 N–H and O–H groups in total. The van der Waals surface area contributed by atoms with Crippen LogP contribution < -0.4 is 4.90 Å². The minimum absolute atomic E-state index is 0.145. The zero-order chi connectivity index (χ0) is 14.1. The number of carbonyl (C=O) groups excluding carboxylic acids is 1. The van der Waals surface area contributed by atoms with Gasteiger partial charge in [0, 0.05) is 18.8 Å². The van der Waals surface area contributed by atoms with E-state index in [1.165, 1.54) is 5.69 Å². The van der Waals surface area contributed by atoms with Gasteiger partial charge in [-0.15, -0.1) is 0 Å². The van der Waals surface area contributed by atoms with E-state index < -0.39 is 0 Å². The van der Waals surface area contributed by atoms with Gasteiger partial charge in [0.25, 0.3) is 0 Å². The van der Waals surface area contributed by atoms with Gasteiger partial charge in [-0.1, -0.05) is 26.0 Å². The smallest absolute Gasteiger partial charge is 0.160 e. The lowest BCUT2D eigenvalue weighted by Crippen LogP contribution is -2.24. The first-order valence-corrected chi connectivity index (χ1v) is 6.67. The van der Waals surface area contributed by atoms with E-state index in [0.29, 0.717) is 6.29 Å². The van der Waals surface area contributed by atoms with Gasteiger partial charge in [-0.2, -0.15) is 5.26 Å². The summed E-state index contributed by atoms with van der Waals surface area (Å²) >= 11 is 0. The lowest BCUT2D eigenvalue weighted by atomic mass is 10.1. The SMILES string of the molecule is CCCN(CCC)c1ccc(/C=C(\C#N)C=O)cc1. The van der Waals surface area contributed by atoms with E-state index in [0.717, 1.165) is 31.5 Å². The van der Waals surface area contributed by atoms with Crippen LogP contribution in [0.1, 0.15) is 32.3 Å². The van der Waals surface area contributed by atoms with Gasteiger partial charge in [-0.25, -0.2) is 0 Å². The zero-order valence-electron chi connectivity index (χ0n) is 11.6. The van der Waals surface area contributed by atoms with Gasteiger partial charge in [0.2, 0.25) is 0 Å². The summed E-state index contributed by atoms with van der Waals surface area (Å²) < 4.78 is 0. The van der Waals surface area contributed by atoms with Crippen LogP contribution in [-0.2, 0) is 4.79 Å². The topological polar surface area (TPSA) is 44.1 Å². The molecule has 0 aliphatic carbocycles. The number of allylic oxidation sites excluding steroid dienone is 1. The molecule has 0 heterocycles. The minimum atomic E-state index is 0.145. The molecule has 0 fully saturated rings. The Balaban J connectivity index is 2.88. The number of anilines is 1. The van der Waals surface area contributed by atoms with Crippen LogP contribution in [0.3, 0.4) is 0 Å². The molecule has 0 spiro atoms. The fourth-order valence-electron chi connectivity index (χ4n) is 1.96. The molecule has 0 radical (unpaired) electrons. The maximum absolute atomic E-state index is 10.6. The van der Waals surface area contributed by atoms with E-state index in [1.807, 2.05) is 30.3 Å². The van der Waals surface area contributed by atoms with Gasteiger partial charge in [0.05, 0.1) is 5.57 Å². The van der Waals surface area contributed by atoms with Crippen molar-refractivity contribution in [1.82, 2.24) is 0 Å². The van der Waals surface area contributed by atoms with E-state index in [1.54, 1.807) is 6.08 Å². The zero-order valence-corrected chi connectivity index (χ0v) is 11.6. The van der Waals surface area contributed by atoms with Crippen LogP contribution in [-0.4, -0.2) is 19.4 Å². The first kappa shape index (κ1) is 15.0. The van der Waals surface area contributed by atoms with Crippen LogP contribution >= 0.6 is 0 Å². The molecule has 0 saturated carbocycles. The van der Waals surface area contributed by atoms with Crippen molar-refractivity contribution in [3.05, 3.63) is 35.4 Å². The van der Waals surface area contributed by atoms with Gasteiger partial charge >= 0.3 is 0 Å². The molecule has 100 valence electrons. The van der Waals surface area contributed by atoms with Crippen LogP contribution in [0.5, 0.6) is 0 Å². The van der Waals surface area contributed by atoms with Gasteiger partial charge in [-0.05, 0) is 36.6 Å². The van der Waals surface area contributed by atoms with Crippen molar-refractivity contribution in [3.8, 4) is 6.07 Å². The number of hydrogen-bond donors (Lipinski definition) is 0. The van der Waals surface area contributed by atoms with Crippen LogP contribution in [0.4, 0.5) is 5.69 Å². The molecular weight excluding hydrogens is 236 g/mol. The number of nitriles is 1. The summed E-state index contributed by atoms with van der Waals surface area (Å²) in [5.41, 5.74) is 2.21. The summed E-state index contributed by atoms with van der Waals surface area (Å²) in [6, 6.07) is 9.82. The largest absolute Gasteiger partial charge is 0.372 e. The molecule has 1 rings (SSSR count). The molecule has 1 aromatic carbocycles. The summed E-state index contributed by atoms with van der Waals surface area (Å²) in [7, 11) is 0. The van der Waals surface area contributed by atoms with Crippen molar-refractivity contribution in [1.29, 1.82) is 5.26 Å². The predicted octanol–water partition coefficient (Wildman–Crippen LogP) is 3.42. The van der Waals surface area contributed by atoms with E-state index in [2.05, 4.69) is 18.7 Å². The quantitative estimate of drug-likeness (QED) is 0.426. The highest BCUT2D eigenvalue weighted by Crippen LogP contribution is 2.17. The van der Waals surface area contributed by atoms with Gasteiger partial charge in [-0.3, -0.25) is 4.79 Å². The van der Waals surface area contributed by atoms with Crippen LogP contribution in [0.15, 0.2) is 29.8 Å². The minimum Gasteiger partial charge on any atom is -0.372 e. The highest BCUT2D eigenvalue weighted by molar-refractivity contribution is 5.86. The fraction of sp³-hybridized carbons (Fsp3) is 0.375. The van der Waals surface area contributed by atoms with Crippen LogP contribution in [0, 0.1) is 11.3 Å². The molecule has 0 aromatic heterocycles. The monoisotopic (exact) mass is 256 g/mol. The number of carbonyl (C=O) groups is 1. The molecular formula is C16H20N2O. The highest BCUT2D eigenvalue weighted by Gasteiger charge is 2.03. The van der Waals surface area contributed by atoms with Crippen molar-refractivity contribution in [3.63, 3.8) is 0 Å². The third kappa shape index (κ3) is 4.59. The van der Waals surface area contributed by atoms with Crippen molar-refractivity contribution in [2.75, 3.05) is 18.0 Å².